The Balaban J connectivity index is 1.77. The second kappa shape index (κ2) is 4.98. The monoisotopic (exact) mass is 260 g/mol. The van der Waals surface area contributed by atoms with Crippen LogP contribution in [-0.2, 0) is 0 Å². The molecular formula is C15H20N2S. The zero-order chi connectivity index (χ0) is 12.5. The van der Waals surface area contributed by atoms with Gasteiger partial charge in [-0.05, 0) is 56.5 Å². The number of nitrogens with one attached hydrogen (secondary N) is 1. The van der Waals surface area contributed by atoms with E-state index in [4.69, 9.17) is 12.2 Å². The fourth-order valence-corrected chi connectivity index (χ4v) is 3.59. The van der Waals surface area contributed by atoms with Crippen molar-refractivity contribution in [1.82, 2.24) is 4.90 Å². The third kappa shape index (κ3) is 2.17. The molecule has 3 aliphatic rings. The first-order chi connectivity index (χ1) is 8.78. The highest BCUT2D eigenvalue weighted by molar-refractivity contribution is 7.79. The highest BCUT2D eigenvalue weighted by Crippen LogP contribution is 2.34. The van der Waals surface area contributed by atoms with E-state index in [2.05, 4.69) is 41.4 Å². The van der Waals surface area contributed by atoms with Gasteiger partial charge in [0.15, 0.2) is 0 Å². The predicted octanol–water partition coefficient (Wildman–Crippen LogP) is 2.93. The van der Waals surface area contributed by atoms with Gasteiger partial charge in [0.2, 0.25) is 0 Å². The molecule has 3 heteroatoms. The number of piperidine rings is 3. The molecule has 0 amide bonds. The van der Waals surface area contributed by atoms with E-state index in [-0.39, 0.29) is 0 Å². The van der Waals surface area contributed by atoms with Gasteiger partial charge in [-0.25, -0.2) is 0 Å². The standard InChI is InChI=1S/C15H20N2S/c1-11-15(13-5-7-17(11)8-6-13)16-14-4-2-3-12(9-14)10-18/h2-4,9-11,13,15-16H,5-8H2,1H3/t11?,15-/m0/s1. The van der Waals surface area contributed by atoms with E-state index >= 15 is 0 Å². The normalized spacial score (nSPS) is 34.3. The van der Waals surface area contributed by atoms with Crippen LogP contribution >= 0.6 is 12.2 Å². The summed E-state index contributed by atoms with van der Waals surface area (Å²) in [5, 5.41) is 5.47. The molecule has 1 N–H and O–H groups in total. The van der Waals surface area contributed by atoms with Gasteiger partial charge >= 0.3 is 0 Å². The molecule has 0 spiro atoms. The summed E-state index contributed by atoms with van der Waals surface area (Å²) in [6, 6.07) is 9.66. The number of rotatable bonds is 3. The Kier molecular flexibility index (Phi) is 3.35. The average molecular weight is 260 g/mol. The SMILES string of the molecule is CC1[C@H](Nc2cccc(C=S)c2)C2CCN1CC2. The van der Waals surface area contributed by atoms with Gasteiger partial charge in [0, 0.05) is 23.1 Å². The zero-order valence-corrected chi connectivity index (χ0v) is 11.6. The summed E-state index contributed by atoms with van der Waals surface area (Å²) in [5.74, 6) is 0.834. The fourth-order valence-electron chi connectivity index (χ4n) is 3.44. The molecule has 3 aliphatic heterocycles. The summed E-state index contributed by atoms with van der Waals surface area (Å²) in [6.07, 6.45) is 2.68. The van der Waals surface area contributed by atoms with Gasteiger partial charge < -0.3 is 5.32 Å². The molecule has 96 valence electrons. The molecule has 3 saturated heterocycles. The van der Waals surface area contributed by atoms with Crippen molar-refractivity contribution in [3.63, 3.8) is 0 Å². The maximum absolute atomic E-state index is 5.00. The molecular weight excluding hydrogens is 240 g/mol. The molecule has 0 radical (unpaired) electrons. The molecule has 18 heavy (non-hydrogen) atoms. The van der Waals surface area contributed by atoms with Crippen molar-refractivity contribution in [2.24, 2.45) is 5.92 Å². The van der Waals surface area contributed by atoms with E-state index in [0.717, 1.165) is 11.5 Å². The summed E-state index contributed by atoms with van der Waals surface area (Å²) >= 11 is 5.00. The van der Waals surface area contributed by atoms with Crippen molar-refractivity contribution in [2.75, 3.05) is 18.4 Å². The average Bonchev–Trinajstić information content (AvgIpc) is 2.43. The highest BCUT2D eigenvalue weighted by atomic mass is 32.1. The number of benzene rings is 1. The first kappa shape index (κ1) is 12.1. The quantitative estimate of drug-likeness (QED) is 0.841. The maximum Gasteiger partial charge on any atom is 0.0443 e. The number of anilines is 1. The van der Waals surface area contributed by atoms with Crippen LogP contribution < -0.4 is 5.32 Å². The number of hydrogen-bond donors (Lipinski definition) is 1. The van der Waals surface area contributed by atoms with Crippen molar-refractivity contribution >= 4 is 23.3 Å². The van der Waals surface area contributed by atoms with Crippen LogP contribution in [0, 0.1) is 5.92 Å². The molecule has 2 atom stereocenters. The molecule has 3 fully saturated rings. The van der Waals surface area contributed by atoms with E-state index in [1.807, 2.05) is 0 Å². The molecule has 0 aromatic heterocycles. The van der Waals surface area contributed by atoms with Crippen LogP contribution in [0.3, 0.4) is 0 Å². The third-order valence-corrected chi connectivity index (χ3v) is 4.81. The number of thiocarbonyl (C=S) groups is 1. The lowest BCUT2D eigenvalue weighted by atomic mass is 9.79. The first-order valence-corrected chi connectivity index (χ1v) is 7.31. The summed E-state index contributed by atoms with van der Waals surface area (Å²) < 4.78 is 0. The van der Waals surface area contributed by atoms with Crippen LogP contribution in [0.15, 0.2) is 24.3 Å². The van der Waals surface area contributed by atoms with E-state index < -0.39 is 0 Å². The van der Waals surface area contributed by atoms with E-state index in [0.29, 0.717) is 12.1 Å². The number of nitrogens with zero attached hydrogens (tertiary/aromatic N) is 1. The van der Waals surface area contributed by atoms with Gasteiger partial charge in [-0.15, -0.1) is 0 Å². The smallest absolute Gasteiger partial charge is 0.0443 e. The minimum atomic E-state index is 0.591. The second-order valence-corrected chi connectivity index (χ2v) is 5.76. The van der Waals surface area contributed by atoms with Crippen molar-refractivity contribution in [2.45, 2.75) is 31.8 Å². The Morgan fingerprint density at radius 2 is 2.11 bits per heavy atom. The molecule has 3 heterocycles. The Morgan fingerprint density at radius 3 is 2.78 bits per heavy atom. The first-order valence-electron chi connectivity index (χ1n) is 6.84. The molecule has 0 aliphatic carbocycles. The highest BCUT2D eigenvalue weighted by Gasteiger charge is 2.39. The summed E-state index contributed by atoms with van der Waals surface area (Å²) in [4.78, 5) is 2.61. The summed E-state index contributed by atoms with van der Waals surface area (Å²) in [7, 11) is 0. The lowest BCUT2D eigenvalue weighted by Crippen LogP contribution is -2.59. The Morgan fingerprint density at radius 1 is 1.33 bits per heavy atom. The second-order valence-electron chi connectivity index (χ2n) is 5.53. The molecule has 1 aromatic carbocycles. The molecule has 1 unspecified atom stereocenters. The minimum absolute atomic E-state index is 0.591. The van der Waals surface area contributed by atoms with Gasteiger partial charge in [-0.1, -0.05) is 24.4 Å². The van der Waals surface area contributed by atoms with Crippen molar-refractivity contribution in [1.29, 1.82) is 0 Å². The molecule has 2 nitrogen and oxygen atoms in total. The summed E-state index contributed by atoms with van der Waals surface area (Å²) in [6.45, 7) is 4.92. The van der Waals surface area contributed by atoms with Crippen LogP contribution in [0.4, 0.5) is 5.69 Å². The molecule has 0 saturated carbocycles. The number of hydrogen-bond acceptors (Lipinski definition) is 3. The fraction of sp³-hybridized carbons (Fsp3) is 0.533. The molecule has 2 bridgehead atoms. The van der Waals surface area contributed by atoms with E-state index in [9.17, 15) is 0 Å². The Hall–Kier alpha value is -0.930. The number of fused-ring (bicyclic) bond motifs is 3. The van der Waals surface area contributed by atoms with E-state index in [1.54, 1.807) is 5.37 Å². The van der Waals surface area contributed by atoms with Crippen molar-refractivity contribution in [3.8, 4) is 0 Å². The van der Waals surface area contributed by atoms with Gasteiger partial charge in [0.25, 0.3) is 0 Å². The van der Waals surface area contributed by atoms with Gasteiger partial charge in [-0.2, -0.15) is 0 Å². The van der Waals surface area contributed by atoms with Crippen LogP contribution in [0.25, 0.3) is 0 Å². The lowest BCUT2D eigenvalue weighted by molar-refractivity contribution is 0.0458. The minimum Gasteiger partial charge on any atom is -0.380 e. The molecule has 4 rings (SSSR count). The Bertz CT molecular complexity index is 436. The van der Waals surface area contributed by atoms with Crippen LogP contribution in [0.5, 0.6) is 0 Å². The zero-order valence-electron chi connectivity index (χ0n) is 10.8. The van der Waals surface area contributed by atoms with Crippen LogP contribution in [-0.4, -0.2) is 35.4 Å². The predicted molar refractivity (Wildman–Crippen MR) is 80.4 cm³/mol. The largest absolute Gasteiger partial charge is 0.380 e. The van der Waals surface area contributed by atoms with Gasteiger partial charge in [0.05, 0.1) is 0 Å². The van der Waals surface area contributed by atoms with Crippen LogP contribution in [0.1, 0.15) is 25.3 Å². The summed E-state index contributed by atoms with van der Waals surface area (Å²) in [5.41, 5.74) is 2.32. The van der Waals surface area contributed by atoms with Gasteiger partial charge in [0.1, 0.15) is 0 Å². The topological polar surface area (TPSA) is 15.3 Å². The van der Waals surface area contributed by atoms with Crippen LogP contribution in [0.2, 0.25) is 0 Å². The van der Waals surface area contributed by atoms with Gasteiger partial charge in [-0.3, -0.25) is 4.90 Å². The van der Waals surface area contributed by atoms with E-state index in [1.165, 1.54) is 31.6 Å². The lowest BCUT2D eigenvalue weighted by Gasteiger charge is -2.50. The third-order valence-electron chi connectivity index (χ3n) is 4.53. The Labute approximate surface area is 114 Å². The maximum atomic E-state index is 5.00. The van der Waals surface area contributed by atoms with Crippen molar-refractivity contribution < 1.29 is 0 Å². The molecule has 1 aromatic rings. The van der Waals surface area contributed by atoms with Crippen molar-refractivity contribution in [3.05, 3.63) is 29.8 Å².